The van der Waals surface area contributed by atoms with E-state index in [1.165, 1.54) is 0 Å². The quantitative estimate of drug-likeness (QED) is 0.772. The number of cyclic esters (lactones) is 1. The first-order valence-corrected chi connectivity index (χ1v) is 6.24. The van der Waals surface area contributed by atoms with Crippen LogP contribution in [0.15, 0.2) is 24.3 Å². The molecule has 6 heteroatoms. The summed E-state index contributed by atoms with van der Waals surface area (Å²) < 4.78 is 42.1. The molecule has 18 heavy (non-hydrogen) atoms. The lowest BCUT2D eigenvalue weighted by atomic mass is 10.0. The van der Waals surface area contributed by atoms with Crippen molar-refractivity contribution in [1.82, 2.24) is 0 Å². The molecule has 1 aromatic carbocycles. The third-order valence-electron chi connectivity index (χ3n) is 2.65. The highest BCUT2D eigenvalue weighted by atomic mass is 32.2. The summed E-state index contributed by atoms with van der Waals surface area (Å²) in [6.07, 6.45) is -1.02. The smallest absolute Gasteiger partial charge is 0.442 e. The number of ether oxygens (including phenoxy) is 1. The zero-order valence-electron chi connectivity index (χ0n) is 9.53. The van der Waals surface area contributed by atoms with Crippen molar-refractivity contribution >= 4 is 17.7 Å². The molecule has 0 spiro atoms. The molecule has 0 N–H and O–H groups in total. The van der Waals surface area contributed by atoms with E-state index in [4.69, 9.17) is 4.74 Å². The summed E-state index contributed by atoms with van der Waals surface area (Å²) in [7, 11) is 0. The average molecular weight is 276 g/mol. The number of carbonyl (C=O) groups excluding carboxylic acids is 1. The van der Waals surface area contributed by atoms with Gasteiger partial charge in [-0.2, -0.15) is 13.2 Å². The Labute approximate surface area is 107 Å². The monoisotopic (exact) mass is 276 g/mol. The molecule has 0 unspecified atom stereocenters. The van der Waals surface area contributed by atoms with Crippen LogP contribution in [0.3, 0.4) is 0 Å². The van der Waals surface area contributed by atoms with Crippen molar-refractivity contribution in [3.63, 3.8) is 0 Å². The largest absolute Gasteiger partial charge is 0.456 e. The Morgan fingerprint density at radius 3 is 2.44 bits per heavy atom. The number of carbonyl (C=O) groups is 1. The predicted molar refractivity (Wildman–Crippen MR) is 62.1 cm³/mol. The van der Waals surface area contributed by atoms with Crippen molar-refractivity contribution in [3.8, 4) is 0 Å². The Morgan fingerprint density at radius 2 is 1.89 bits per heavy atom. The molecule has 1 aliphatic heterocycles. The van der Waals surface area contributed by atoms with Gasteiger partial charge < -0.3 is 4.74 Å². The van der Waals surface area contributed by atoms with Crippen LogP contribution in [0.1, 0.15) is 23.7 Å². The van der Waals surface area contributed by atoms with E-state index in [9.17, 15) is 18.0 Å². The van der Waals surface area contributed by atoms with Crippen LogP contribution in [0.4, 0.5) is 13.2 Å². The lowest BCUT2D eigenvalue weighted by Crippen LogP contribution is -2.15. The van der Waals surface area contributed by atoms with E-state index in [2.05, 4.69) is 0 Å². The third kappa shape index (κ3) is 3.19. The standard InChI is InChI=1S/C12H11F3O2S/c1-7-2-4-8(5-3-7)11-9(6-10(16)17-11)18-12(13,14)15/h2-5,9,11H,6H2,1H3/t9-,11+/m0/s1. The van der Waals surface area contributed by atoms with E-state index in [0.29, 0.717) is 5.56 Å². The number of aryl methyl sites for hydroxylation is 1. The van der Waals surface area contributed by atoms with E-state index < -0.39 is 22.8 Å². The Hall–Kier alpha value is -1.17. The molecule has 2 rings (SSSR count). The predicted octanol–water partition coefficient (Wildman–Crippen LogP) is 3.60. The van der Waals surface area contributed by atoms with Gasteiger partial charge in [-0.05, 0) is 24.2 Å². The highest BCUT2D eigenvalue weighted by Crippen LogP contribution is 2.45. The Morgan fingerprint density at radius 1 is 1.28 bits per heavy atom. The fraction of sp³-hybridized carbons (Fsp3) is 0.417. The summed E-state index contributed by atoms with van der Waals surface area (Å²) in [4.78, 5) is 11.2. The third-order valence-corrected chi connectivity index (χ3v) is 3.64. The fourth-order valence-corrected chi connectivity index (χ4v) is 2.75. The maximum atomic E-state index is 12.4. The van der Waals surface area contributed by atoms with E-state index in [0.717, 1.165) is 5.56 Å². The first kappa shape index (κ1) is 13.3. The summed E-state index contributed by atoms with van der Waals surface area (Å²) >= 11 is -0.171. The van der Waals surface area contributed by atoms with Gasteiger partial charge in [-0.1, -0.05) is 29.8 Å². The molecule has 0 radical (unpaired) electrons. The minimum atomic E-state index is -4.36. The second kappa shape index (κ2) is 4.84. The second-order valence-corrected chi connectivity index (χ2v) is 5.43. The molecule has 0 bridgehead atoms. The average Bonchev–Trinajstić information content (AvgIpc) is 2.58. The van der Waals surface area contributed by atoms with E-state index in [1.54, 1.807) is 24.3 Å². The number of benzene rings is 1. The van der Waals surface area contributed by atoms with Crippen LogP contribution in [0, 0.1) is 6.92 Å². The van der Waals surface area contributed by atoms with Crippen molar-refractivity contribution < 1.29 is 22.7 Å². The summed E-state index contributed by atoms with van der Waals surface area (Å²) in [6.45, 7) is 1.88. The molecule has 98 valence electrons. The molecule has 1 aromatic rings. The zero-order valence-corrected chi connectivity index (χ0v) is 10.3. The maximum Gasteiger partial charge on any atom is 0.442 e. The van der Waals surface area contributed by atoms with Gasteiger partial charge >= 0.3 is 11.5 Å². The van der Waals surface area contributed by atoms with Crippen LogP contribution in [0.25, 0.3) is 0 Å². The molecule has 0 aromatic heterocycles. The van der Waals surface area contributed by atoms with Crippen molar-refractivity contribution in [1.29, 1.82) is 0 Å². The molecular formula is C12H11F3O2S. The van der Waals surface area contributed by atoms with E-state index >= 15 is 0 Å². The van der Waals surface area contributed by atoms with E-state index in [-0.39, 0.29) is 18.2 Å². The molecule has 0 amide bonds. The van der Waals surface area contributed by atoms with Crippen LogP contribution in [0.2, 0.25) is 0 Å². The number of esters is 1. The molecule has 2 atom stereocenters. The molecule has 1 heterocycles. The van der Waals surface area contributed by atoms with Gasteiger partial charge in [0, 0.05) is 0 Å². The Kier molecular flexibility index (Phi) is 3.56. The first-order chi connectivity index (χ1) is 8.35. The van der Waals surface area contributed by atoms with Crippen LogP contribution in [0.5, 0.6) is 0 Å². The SMILES string of the molecule is Cc1ccc([C@H]2OC(=O)C[C@@H]2SC(F)(F)F)cc1. The van der Waals surface area contributed by atoms with Crippen molar-refractivity contribution in [3.05, 3.63) is 35.4 Å². The summed E-state index contributed by atoms with van der Waals surface area (Å²) in [5, 5.41) is -0.903. The van der Waals surface area contributed by atoms with Gasteiger partial charge in [-0.15, -0.1) is 0 Å². The van der Waals surface area contributed by atoms with Crippen LogP contribution < -0.4 is 0 Å². The van der Waals surface area contributed by atoms with E-state index in [1.807, 2.05) is 6.92 Å². The van der Waals surface area contributed by atoms with Gasteiger partial charge in [0.1, 0.15) is 6.10 Å². The molecular weight excluding hydrogens is 265 g/mol. The molecule has 2 nitrogen and oxygen atoms in total. The normalized spacial score (nSPS) is 24.1. The summed E-state index contributed by atoms with van der Waals surface area (Å²) in [5.41, 5.74) is -2.75. The lowest BCUT2D eigenvalue weighted by molar-refractivity contribution is -0.141. The summed E-state index contributed by atoms with van der Waals surface area (Å²) in [6, 6.07) is 6.97. The Bertz CT molecular complexity index is 442. The number of hydrogen-bond donors (Lipinski definition) is 0. The lowest BCUT2D eigenvalue weighted by Gasteiger charge is -2.18. The summed E-state index contributed by atoms with van der Waals surface area (Å²) in [5.74, 6) is -0.581. The van der Waals surface area contributed by atoms with Crippen molar-refractivity contribution in [2.24, 2.45) is 0 Å². The molecule has 0 saturated carbocycles. The molecule has 0 aliphatic carbocycles. The number of thioether (sulfide) groups is 1. The molecule has 1 aliphatic rings. The highest BCUT2D eigenvalue weighted by Gasteiger charge is 2.44. The first-order valence-electron chi connectivity index (χ1n) is 5.36. The van der Waals surface area contributed by atoms with Crippen LogP contribution in [-0.2, 0) is 9.53 Å². The van der Waals surface area contributed by atoms with Gasteiger partial charge in [-0.25, -0.2) is 0 Å². The van der Waals surface area contributed by atoms with Crippen LogP contribution in [-0.4, -0.2) is 16.7 Å². The van der Waals surface area contributed by atoms with Crippen molar-refractivity contribution in [2.75, 3.05) is 0 Å². The second-order valence-electron chi connectivity index (χ2n) is 4.13. The number of hydrogen-bond acceptors (Lipinski definition) is 3. The van der Waals surface area contributed by atoms with Gasteiger partial charge in [0.25, 0.3) is 0 Å². The topological polar surface area (TPSA) is 26.3 Å². The van der Waals surface area contributed by atoms with Gasteiger partial charge in [0.05, 0.1) is 11.7 Å². The van der Waals surface area contributed by atoms with Crippen LogP contribution >= 0.6 is 11.8 Å². The minimum Gasteiger partial charge on any atom is -0.456 e. The van der Waals surface area contributed by atoms with Gasteiger partial charge in [-0.3, -0.25) is 4.79 Å². The fourth-order valence-electron chi connectivity index (χ4n) is 1.85. The molecule has 1 saturated heterocycles. The minimum absolute atomic E-state index is 0.171. The van der Waals surface area contributed by atoms with Gasteiger partial charge in [0.15, 0.2) is 0 Å². The Balaban J connectivity index is 2.19. The number of alkyl halides is 3. The number of rotatable bonds is 2. The molecule has 1 fully saturated rings. The zero-order chi connectivity index (χ0) is 13.3. The number of halogens is 3. The van der Waals surface area contributed by atoms with Crippen molar-refractivity contribution in [2.45, 2.75) is 30.2 Å². The maximum absolute atomic E-state index is 12.4. The van der Waals surface area contributed by atoms with Gasteiger partial charge in [0.2, 0.25) is 0 Å². The highest BCUT2D eigenvalue weighted by molar-refractivity contribution is 8.00.